The Morgan fingerprint density at radius 2 is 1.53 bits per heavy atom. The molecule has 1 heterocycles. The maximum Gasteiger partial charge on any atom is 0.253 e. The van der Waals surface area contributed by atoms with Gasteiger partial charge in [-0.25, -0.2) is 8.42 Å². The first-order valence-corrected chi connectivity index (χ1v) is 10.9. The highest BCUT2D eigenvalue weighted by Gasteiger charge is 2.28. The van der Waals surface area contributed by atoms with Crippen molar-refractivity contribution in [3.05, 3.63) is 39.8 Å². The number of aryl methyl sites for hydroxylation is 1. The quantitative estimate of drug-likeness (QED) is 0.627. The van der Waals surface area contributed by atoms with Crippen LogP contribution in [0.25, 0.3) is 11.1 Å². The summed E-state index contributed by atoms with van der Waals surface area (Å²) < 4.78 is 40.2. The fourth-order valence-corrected chi connectivity index (χ4v) is 4.47. The van der Waals surface area contributed by atoms with Gasteiger partial charge in [-0.15, -0.1) is 0 Å². The zero-order valence-corrected chi connectivity index (χ0v) is 19.8. The average molecular weight is 438 g/mol. The second kappa shape index (κ2) is 9.20. The summed E-state index contributed by atoms with van der Waals surface area (Å²) in [6.07, 6.45) is 1.72. The molecule has 0 saturated heterocycles. The standard InChI is InChI=1S/C21H31N3O5S/c1-14-15(2)21(25)23(5)13-17(14)16-11-19(29-8)20(12-18(16)28-7)30(26,27)24(6)10-9-22(3)4/h11-13H,9-10H2,1-8H3. The van der Waals surface area contributed by atoms with E-state index in [0.717, 1.165) is 11.1 Å². The molecule has 0 radical (unpaired) electrons. The van der Waals surface area contributed by atoms with Crippen LogP contribution in [-0.4, -0.2) is 70.6 Å². The van der Waals surface area contributed by atoms with E-state index in [0.29, 0.717) is 30.0 Å². The number of benzene rings is 1. The van der Waals surface area contributed by atoms with Crippen LogP contribution in [0.2, 0.25) is 0 Å². The third kappa shape index (κ3) is 4.53. The van der Waals surface area contributed by atoms with E-state index in [9.17, 15) is 13.2 Å². The topological polar surface area (TPSA) is 81.1 Å². The summed E-state index contributed by atoms with van der Waals surface area (Å²) in [5.41, 5.74) is 2.77. The first kappa shape index (κ1) is 23.9. The molecule has 0 fully saturated rings. The minimum atomic E-state index is -3.80. The molecule has 0 atom stereocenters. The summed E-state index contributed by atoms with van der Waals surface area (Å²) >= 11 is 0. The number of rotatable bonds is 8. The van der Waals surface area contributed by atoms with E-state index in [1.807, 2.05) is 25.9 Å². The van der Waals surface area contributed by atoms with E-state index < -0.39 is 10.0 Å². The van der Waals surface area contributed by atoms with Gasteiger partial charge in [0, 0.05) is 56.1 Å². The highest BCUT2D eigenvalue weighted by atomic mass is 32.2. The fraction of sp³-hybridized carbons (Fsp3) is 0.476. The van der Waals surface area contributed by atoms with E-state index in [2.05, 4.69) is 0 Å². The molecule has 30 heavy (non-hydrogen) atoms. The number of aromatic nitrogens is 1. The normalized spacial score (nSPS) is 11.9. The molecule has 0 aliphatic carbocycles. The lowest BCUT2D eigenvalue weighted by molar-refractivity contribution is 0.355. The van der Waals surface area contributed by atoms with Gasteiger partial charge in [0.05, 0.1) is 14.2 Å². The van der Waals surface area contributed by atoms with Crippen molar-refractivity contribution < 1.29 is 17.9 Å². The molecule has 0 aliphatic rings. The molecule has 0 unspecified atom stereocenters. The Labute approximate surface area is 178 Å². The summed E-state index contributed by atoms with van der Waals surface area (Å²) in [6.45, 7) is 4.55. The van der Waals surface area contributed by atoms with Crippen molar-refractivity contribution in [2.24, 2.45) is 7.05 Å². The number of sulfonamides is 1. The monoisotopic (exact) mass is 437 g/mol. The zero-order chi connectivity index (χ0) is 22.8. The Morgan fingerprint density at radius 1 is 0.933 bits per heavy atom. The van der Waals surface area contributed by atoms with Gasteiger partial charge in [-0.1, -0.05) is 0 Å². The second-order valence-corrected chi connectivity index (χ2v) is 9.56. The van der Waals surface area contributed by atoms with Gasteiger partial charge in [0.1, 0.15) is 16.4 Å². The highest BCUT2D eigenvalue weighted by molar-refractivity contribution is 7.89. The third-order valence-corrected chi connectivity index (χ3v) is 7.13. The molecule has 0 spiro atoms. The smallest absolute Gasteiger partial charge is 0.253 e. The number of methoxy groups -OCH3 is 2. The molecule has 8 nitrogen and oxygen atoms in total. The summed E-state index contributed by atoms with van der Waals surface area (Å²) in [4.78, 5) is 14.2. The van der Waals surface area contributed by atoms with Crippen molar-refractivity contribution in [1.29, 1.82) is 0 Å². The van der Waals surface area contributed by atoms with Crippen molar-refractivity contribution in [3.8, 4) is 22.6 Å². The van der Waals surface area contributed by atoms with E-state index in [1.54, 1.807) is 33.3 Å². The Bertz CT molecular complexity index is 1090. The van der Waals surface area contributed by atoms with Gasteiger partial charge in [-0.05, 0) is 39.6 Å². The lowest BCUT2D eigenvalue weighted by atomic mass is 9.98. The van der Waals surface area contributed by atoms with Gasteiger partial charge in [-0.3, -0.25) is 4.79 Å². The summed E-state index contributed by atoms with van der Waals surface area (Å²) in [6, 6.07) is 3.13. The van der Waals surface area contributed by atoms with E-state index in [4.69, 9.17) is 9.47 Å². The molecule has 1 aromatic carbocycles. The molecule has 0 amide bonds. The van der Waals surface area contributed by atoms with Crippen LogP contribution in [0.15, 0.2) is 28.0 Å². The molecule has 1 aromatic heterocycles. The number of ether oxygens (including phenoxy) is 2. The van der Waals surface area contributed by atoms with Crippen LogP contribution in [-0.2, 0) is 17.1 Å². The molecule has 2 rings (SSSR count). The molecular formula is C21H31N3O5S. The molecular weight excluding hydrogens is 406 g/mol. The SMILES string of the molecule is COc1cc(S(=O)(=O)N(C)CCN(C)C)c(OC)cc1-c1cn(C)c(=O)c(C)c1C. The lowest BCUT2D eigenvalue weighted by Crippen LogP contribution is -2.33. The third-order valence-electron chi connectivity index (χ3n) is 5.26. The predicted molar refractivity (Wildman–Crippen MR) is 118 cm³/mol. The van der Waals surface area contributed by atoms with Crippen LogP contribution in [0.5, 0.6) is 11.5 Å². The van der Waals surface area contributed by atoms with E-state index in [-0.39, 0.29) is 16.2 Å². The maximum absolute atomic E-state index is 13.2. The Hall–Kier alpha value is -2.36. The number of nitrogens with zero attached hydrogens (tertiary/aromatic N) is 3. The van der Waals surface area contributed by atoms with Crippen LogP contribution in [0, 0.1) is 13.8 Å². The minimum Gasteiger partial charge on any atom is -0.496 e. The Balaban J connectivity index is 2.70. The van der Waals surface area contributed by atoms with Crippen molar-refractivity contribution in [3.63, 3.8) is 0 Å². The average Bonchev–Trinajstić information content (AvgIpc) is 2.71. The molecule has 2 aromatic rings. The molecule has 166 valence electrons. The first-order valence-electron chi connectivity index (χ1n) is 9.50. The van der Waals surface area contributed by atoms with Crippen LogP contribution in [0.3, 0.4) is 0 Å². The van der Waals surface area contributed by atoms with Crippen LogP contribution < -0.4 is 15.0 Å². The zero-order valence-electron chi connectivity index (χ0n) is 18.9. The van der Waals surface area contributed by atoms with Gasteiger partial charge in [-0.2, -0.15) is 4.31 Å². The number of hydrogen-bond acceptors (Lipinski definition) is 6. The van der Waals surface area contributed by atoms with Crippen LogP contribution in [0.1, 0.15) is 11.1 Å². The second-order valence-electron chi connectivity index (χ2n) is 7.54. The Morgan fingerprint density at radius 3 is 2.07 bits per heavy atom. The van der Waals surface area contributed by atoms with Gasteiger partial charge >= 0.3 is 0 Å². The molecule has 0 bridgehead atoms. The van der Waals surface area contributed by atoms with Crippen molar-refractivity contribution in [2.45, 2.75) is 18.7 Å². The summed E-state index contributed by atoms with van der Waals surface area (Å²) in [7, 11) is 6.12. The van der Waals surface area contributed by atoms with Gasteiger partial charge in [0.25, 0.3) is 5.56 Å². The van der Waals surface area contributed by atoms with Gasteiger partial charge in [0.2, 0.25) is 10.0 Å². The van der Waals surface area contributed by atoms with E-state index in [1.165, 1.54) is 29.2 Å². The maximum atomic E-state index is 13.2. The minimum absolute atomic E-state index is 0.0334. The fourth-order valence-electron chi connectivity index (χ4n) is 3.16. The summed E-state index contributed by atoms with van der Waals surface area (Å²) in [5.74, 6) is 0.602. The Kier molecular flexibility index (Phi) is 7.33. The van der Waals surface area contributed by atoms with Crippen molar-refractivity contribution in [2.75, 3.05) is 48.5 Å². The largest absolute Gasteiger partial charge is 0.496 e. The number of pyridine rings is 1. The molecule has 0 aliphatic heterocycles. The van der Waals surface area contributed by atoms with Crippen LogP contribution in [0.4, 0.5) is 0 Å². The van der Waals surface area contributed by atoms with Crippen LogP contribution >= 0.6 is 0 Å². The first-order chi connectivity index (χ1) is 13.9. The number of hydrogen-bond donors (Lipinski definition) is 0. The predicted octanol–water partition coefficient (Wildman–Crippen LogP) is 1.87. The highest BCUT2D eigenvalue weighted by Crippen LogP contribution is 2.40. The van der Waals surface area contributed by atoms with Crippen molar-refractivity contribution in [1.82, 2.24) is 13.8 Å². The van der Waals surface area contributed by atoms with Crippen molar-refractivity contribution >= 4 is 10.0 Å². The molecule has 0 N–H and O–H groups in total. The summed E-state index contributed by atoms with van der Waals surface area (Å²) in [5, 5.41) is 0. The molecule has 0 saturated carbocycles. The number of likely N-dealkylation sites (N-methyl/N-ethyl adjacent to an activating group) is 2. The lowest BCUT2D eigenvalue weighted by Gasteiger charge is -2.22. The van der Waals surface area contributed by atoms with E-state index >= 15 is 0 Å². The molecule has 9 heteroatoms. The van der Waals surface area contributed by atoms with Gasteiger partial charge in [0.15, 0.2) is 0 Å². The van der Waals surface area contributed by atoms with Gasteiger partial charge < -0.3 is 18.9 Å².